The van der Waals surface area contributed by atoms with Crippen LogP contribution in [0.3, 0.4) is 0 Å². The molecule has 0 spiro atoms. The molecule has 0 aliphatic carbocycles. The molecule has 0 radical (unpaired) electrons. The summed E-state index contributed by atoms with van der Waals surface area (Å²) < 4.78 is 28.7. The average molecular weight is 1470 g/mol. The summed E-state index contributed by atoms with van der Waals surface area (Å²) in [4.78, 5) is 53.4. The van der Waals surface area contributed by atoms with Crippen LogP contribution in [0, 0.1) is 0 Å². The van der Waals surface area contributed by atoms with Crippen molar-refractivity contribution in [1.29, 1.82) is 0 Å². The standard InChI is InChI=1S/C4H6O2.12C4H9.C3H4O2.C2H4O2.H3O4P.4Sn/c1-3(2)4(5)6;12*1-3-4-2;1-2-3(4)5;1-2(3)4;1-5(2,3)4;;;;/h1H2,2H3,(H,5,6);12*1,3-4H2,2H3;2H,1H2,(H,4,5);1H3,(H,3,4);(H3,1,2,3,4);;;;/q;;;;;;;;;;;;;;;;4*+1/p-4. The van der Waals surface area contributed by atoms with Gasteiger partial charge in [0.05, 0.1) is 5.97 Å². The number of unbranched alkanes of at least 4 members (excludes halogenated alkanes) is 12. The molecule has 0 aromatic heterocycles. The minimum absolute atomic E-state index is 0.0648. The number of hydrogen-bond donors (Lipinski definition) is 2. The van der Waals surface area contributed by atoms with Crippen LogP contribution >= 0.6 is 7.82 Å². The second kappa shape index (κ2) is 78.7. The van der Waals surface area contributed by atoms with Gasteiger partial charge < -0.3 is 39.4 Å². The van der Waals surface area contributed by atoms with Crippen LogP contribution in [0.15, 0.2) is 24.8 Å². The Bertz CT molecular complexity index is 934. The summed E-state index contributed by atoms with van der Waals surface area (Å²) in [6.45, 7) is 36.5. The summed E-state index contributed by atoms with van der Waals surface area (Å²) >= 11 is -3.36. The van der Waals surface area contributed by atoms with Gasteiger partial charge in [0, 0.05) is 13.0 Å². The second-order valence-corrected chi connectivity index (χ2v) is 54.0. The molecule has 0 aromatic carbocycles. The van der Waals surface area contributed by atoms with E-state index in [0.29, 0.717) is 0 Å². The van der Waals surface area contributed by atoms with Crippen LogP contribution in [0.1, 0.15) is 251 Å². The molecule has 0 atom stereocenters. The van der Waals surface area contributed by atoms with E-state index >= 15 is 0 Å². The van der Waals surface area contributed by atoms with Crippen LogP contribution in [-0.4, -0.2) is 107 Å². The van der Waals surface area contributed by atoms with E-state index in [4.69, 9.17) is 34.3 Å². The molecule has 0 aromatic rings. The number of phosphoric acid groups is 1. The molecule has 430 valence electrons. The fourth-order valence-electron chi connectivity index (χ4n) is 6.62. The number of hydrogen-bond acceptors (Lipinski definition) is 8. The topological polar surface area (TPSA) is 201 Å². The molecule has 0 aliphatic heterocycles. The Balaban J connectivity index is -0.000000112. The maximum atomic E-state index is 9.49. The zero-order valence-corrected chi connectivity index (χ0v) is 62.4. The molecule has 2 N–H and O–H groups in total. The van der Waals surface area contributed by atoms with Crippen molar-refractivity contribution in [2.24, 2.45) is 0 Å². The van der Waals surface area contributed by atoms with Crippen molar-refractivity contribution in [3.63, 3.8) is 0 Å². The van der Waals surface area contributed by atoms with Gasteiger partial charge in [-0.05, 0) is 12.5 Å². The van der Waals surface area contributed by atoms with Crippen molar-refractivity contribution >= 4 is 105 Å². The van der Waals surface area contributed by atoms with Crippen molar-refractivity contribution in [2.75, 3.05) is 0 Å². The fourth-order valence-corrected chi connectivity index (χ4v) is 44.4. The minimum atomic E-state index is -5.39. The second-order valence-electron chi connectivity index (χ2n) is 18.8. The van der Waals surface area contributed by atoms with Crippen LogP contribution in [0.5, 0.6) is 0 Å². The summed E-state index contributed by atoms with van der Waals surface area (Å²) in [6.07, 6.45) is 36.2. The maximum absolute atomic E-state index is 9.49. The van der Waals surface area contributed by atoms with E-state index in [1.54, 1.807) is 53.2 Å². The molecular formula is C57H121O10PSn4. The van der Waals surface area contributed by atoms with E-state index in [-0.39, 0.29) is 5.57 Å². The normalized spacial score (nSPS) is 9.74. The van der Waals surface area contributed by atoms with Gasteiger partial charge in [-0.15, -0.1) is 0 Å². The molecule has 0 rings (SSSR count). The number of carboxylic acid groups (broad SMARTS) is 3. The first-order chi connectivity index (χ1) is 34.0. The number of carbonyl (C=O) groups excluding carboxylic acids is 1. The number of carbonyl (C=O) groups is 3. The third-order valence-corrected chi connectivity index (χ3v) is 47.5. The van der Waals surface area contributed by atoms with Gasteiger partial charge >= 0.3 is 375 Å². The Morgan fingerprint density at radius 1 is 0.403 bits per heavy atom. The molecule has 0 aliphatic rings. The number of aliphatic carboxylic acids is 3. The number of carboxylic acids is 3. The van der Waals surface area contributed by atoms with Crippen LogP contribution in [-0.2, 0) is 18.9 Å². The van der Waals surface area contributed by atoms with E-state index in [1.165, 1.54) is 161 Å². The zero-order chi connectivity index (χ0) is 57.3. The maximum Gasteiger partial charge on any atom is -0.159 e. The van der Waals surface area contributed by atoms with E-state index < -0.39 is 105 Å². The summed E-state index contributed by atoms with van der Waals surface area (Å²) in [5.41, 5.74) is 0.0648. The Morgan fingerprint density at radius 2 is 0.486 bits per heavy atom. The van der Waals surface area contributed by atoms with Crippen molar-refractivity contribution in [1.82, 2.24) is 0 Å². The van der Waals surface area contributed by atoms with Gasteiger partial charge in [0.2, 0.25) is 0 Å². The summed E-state index contributed by atoms with van der Waals surface area (Å²) in [7, 11) is -5.39. The Labute approximate surface area is 478 Å². The summed E-state index contributed by atoms with van der Waals surface area (Å²) in [5, 5.41) is 24.5. The Kier molecular flexibility index (Phi) is 98.1. The monoisotopic (exact) mass is 1480 g/mol. The van der Waals surface area contributed by atoms with Gasteiger partial charge in [-0.2, -0.15) is 7.82 Å². The van der Waals surface area contributed by atoms with E-state index in [1.807, 2.05) is 0 Å². The van der Waals surface area contributed by atoms with Crippen LogP contribution in [0.25, 0.3) is 0 Å². The summed E-state index contributed by atoms with van der Waals surface area (Å²) in [6, 6.07) is 0. The van der Waals surface area contributed by atoms with E-state index in [0.717, 1.165) is 13.0 Å². The molecule has 0 saturated carbocycles. The molecule has 72 heavy (non-hydrogen) atoms. The molecule has 0 fully saturated rings. The predicted molar refractivity (Wildman–Crippen MR) is 318 cm³/mol. The molecule has 10 nitrogen and oxygen atoms in total. The van der Waals surface area contributed by atoms with Gasteiger partial charge in [-0.1, -0.05) is 13.2 Å². The largest absolute Gasteiger partial charge is 0.822 e. The van der Waals surface area contributed by atoms with Gasteiger partial charge in [-0.3, -0.25) is 4.79 Å². The fraction of sp³-hybridized carbons (Fsp3) is 0.877. The van der Waals surface area contributed by atoms with Crippen molar-refractivity contribution in [3.8, 4) is 0 Å². The Hall–Kier alpha value is 1.19. The molecule has 0 saturated heterocycles. The van der Waals surface area contributed by atoms with Crippen LogP contribution in [0.4, 0.5) is 0 Å². The van der Waals surface area contributed by atoms with Crippen LogP contribution in [0.2, 0.25) is 53.2 Å². The third-order valence-electron chi connectivity index (χ3n) is 11.1. The van der Waals surface area contributed by atoms with Crippen LogP contribution < -0.4 is 19.8 Å². The van der Waals surface area contributed by atoms with E-state index in [9.17, 15) is 14.7 Å². The minimum Gasteiger partial charge on any atom is -0.822 e. The molecular weight excluding hydrogens is 1350 g/mol. The predicted octanol–water partition coefficient (Wildman–Crippen LogP) is 16.4. The van der Waals surface area contributed by atoms with Gasteiger partial charge in [0.1, 0.15) is 0 Å². The summed E-state index contributed by atoms with van der Waals surface area (Å²) in [5.74, 6) is -3.00. The van der Waals surface area contributed by atoms with Crippen molar-refractivity contribution in [3.05, 3.63) is 24.8 Å². The molecule has 0 heterocycles. The van der Waals surface area contributed by atoms with Crippen molar-refractivity contribution < 1.29 is 48.9 Å². The Morgan fingerprint density at radius 3 is 0.528 bits per heavy atom. The first kappa shape index (κ1) is 89.8. The van der Waals surface area contributed by atoms with Gasteiger partial charge in [0.15, 0.2) is 0 Å². The number of rotatable bonds is 38. The third kappa shape index (κ3) is 115. The van der Waals surface area contributed by atoms with Gasteiger partial charge in [0.25, 0.3) is 5.97 Å². The first-order valence-corrected chi connectivity index (χ1v) is 54.7. The SMILES string of the molecule is C=C(C)C(=O)[O-].C=CC(=O)O.CC(=O)O.CCC[CH2][Sn+]([CH2]CCC)[CH2]CCC.CCC[CH2][Sn+]([CH2]CCC)[CH2]CCC.CCC[CH2][Sn+]([CH2]CCC)[CH2]CCC.CCC[CH2][Sn+]([CH2]CCC)[CH2]CCC.O=P([O-])([O-])[O-]. The first-order valence-electron chi connectivity index (χ1n) is 29.0. The molecule has 0 unspecified atom stereocenters. The molecule has 0 amide bonds. The smallest absolute Gasteiger partial charge is 0.159 e. The quantitative estimate of drug-likeness (QED) is 0.0340. The average Bonchev–Trinajstić information content (AvgIpc) is 3.33. The van der Waals surface area contributed by atoms with Crippen molar-refractivity contribution in [2.45, 2.75) is 304 Å². The van der Waals surface area contributed by atoms with Gasteiger partial charge in [-0.25, -0.2) is 4.79 Å². The molecule has 0 bridgehead atoms. The van der Waals surface area contributed by atoms with E-state index in [2.05, 4.69) is 96.2 Å². The molecule has 15 heteroatoms. The zero-order valence-electron chi connectivity index (χ0n) is 50.1.